The molecule has 1 aromatic rings. The fourth-order valence-corrected chi connectivity index (χ4v) is 1.56. The van der Waals surface area contributed by atoms with Crippen LogP contribution in [0.5, 0.6) is 0 Å². The maximum absolute atomic E-state index is 11.5. The summed E-state index contributed by atoms with van der Waals surface area (Å²) in [7, 11) is 3.31. The molecule has 1 aromatic heterocycles. The minimum atomic E-state index is -0.249. The molecule has 0 atom stereocenters. The Labute approximate surface area is 106 Å². The maximum Gasteiger partial charge on any atom is 0.322 e. The van der Waals surface area contributed by atoms with E-state index in [-0.39, 0.29) is 11.4 Å². The smallest absolute Gasteiger partial charge is 0.322 e. The second-order valence-corrected chi connectivity index (χ2v) is 5.37. The number of rotatable bonds is 1. The summed E-state index contributed by atoms with van der Waals surface area (Å²) in [6.07, 6.45) is 0. The van der Waals surface area contributed by atoms with Crippen molar-refractivity contribution in [3.63, 3.8) is 0 Å². The van der Waals surface area contributed by atoms with Gasteiger partial charge < -0.3 is 4.90 Å². The van der Waals surface area contributed by atoms with Gasteiger partial charge in [0, 0.05) is 19.7 Å². The first-order chi connectivity index (χ1) is 7.71. The molecule has 0 spiro atoms. The zero-order chi connectivity index (χ0) is 13.2. The van der Waals surface area contributed by atoms with Gasteiger partial charge in [0.2, 0.25) is 0 Å². The summed E-state index contributed by atoms with van der Waals surface area (Å²) in [5, 5.41) is 10.7. The number of carbonyl (C=O) groups is 1. The highest BCUT2D eigenvalue weighted by molar-refractivity contribution is 6.30. The third-order valence-corrected chi connectivity index (χ3v) is 2.48. The van der Waals surface area contributed by atoms with E-state index in [9.17, 15) is 4.79 Å². The van der Waals surface area contributed by atoms with E-state index in [4.69, 9.17) is 11.6 Å². The topological polar surface area (TPSA) is 58.1 Å². The van der Waals surface area contributed by atoms with Crippen molar-refractivity contribution in [1.29, 1.82) is 0 Å². The first kappa shape index (κ1) is 13.7. The lowest BCUT2D eigenvalue weighted by Gasteiger charge is -2.20. The molecule has 0 aromatic carbocycles. The van der Waals surface area contributed by atoms with Crippen LogP contribution < -0.4 is 5.32 Å². The number of amides is 2. The molecule has 1 rings (SSSR count). The summed E-state index contributed by atoms with van der Waals surface area (Å²) < 4.78 is 0. The third-order valence-electron chi connectivity index (χ3n) is 2.20. The van der Waals surface area contributed by atoms with E-state index in [2.05, 4.69) is 15.5 Å². The zero-order valence-corrected chi connectivity index (χ0v) is 11.5. The predicted octanol–water partition coefficient (Wildman–Crippen LogP) is 2.52. The number of aromatic nitrogens is 2. The summed E-state index contributed by atoms with van der Waals surface area (Å²) in [5.41, 5.74) is 0.702. The predicted molar refractivity (Wildman–Crippen MR) is 68.4 cm³/mol. The summed E-state index contributed by atoms with van der Waals surface area (Å²) in [6, 6.07) is 1.50. The van der Waals surface area contributed by atoms with Crippen molar-refractivity contribution in [3.05, 3.63) is 16.8 Å². The molecule has 2 amide bonds. The van der Waals surface area contributed by atoms with Crippen LogP contribution in [0.2, 0.25) is 5.15 Å². The fourth-order valence-electron chi connectivity index (χ4n) is 1.19. The van der Waals surface area contributed by atoms with Gasteiger partial charge >= 0.3 is 6.03 Å². The molecule has 5 nitrogen and oxygen atoms in total. The van der Waals surface area contributed by atoms with Crippen molar-refractivity contribution in [2.45, 2.75) is 26.2 Å². The average Bonchev–Trinajstić information content (AvgIpc) is 2.19. The van der Waals surface area contributed by atoms with Gasteiger partial charge in [-0.3, -0.25) is 5.32 Å². The quantitative estimate of drug-likeness (QED) is 0.840. The molecular weight excluding hydrogens is 240 g/mol. The second kappa shape index (κ2) is 4.87. The third kappa shape index (κ3) is 3.56. The molecular formula is C11H17ClN4O. The molecule has 0 saturated heterocycles. The fraction of sp³-hybridized carbons (Fsp3) is 0.545. The van der Waals surface area contributed by atoms with Crippen molar-refractivity contribution < 1.29 is 4.79 Å². The molecule has 0 fully saturated rings. The Balaban J connectivity index is 3.01. The minimum absolute atomic E-state index is 0.148. The Bertz CT molecular complexity index is 426. The molecule has 0 saturated carbocycles. The largest absolute Gasteiger partial charge is 0.331 e. The van der Waals surface area contributed by atoms with Gasteiger partial charge in [-0.25, -0.2) is 4.79 Å². The van der Waals surface area contributed by atoms with Crippen molar-refractivity contribution in [2.75, 3.05) is 19.4 Å². The molecule has 0 aliphatic rings. The van der Waals surface area contributed by atoms with Gasteiger partial charge in [0.05, 0.1) is 0 Å². The normalized spacial score (nSPS) is 11.2. The first-order valence-electron chi connectivity index (χ1n) is 5.24. The van der Waals surface area contributed by atoms with Gasteiger partial charge in [-0.1, -0.05) is 32.4 Å². The first-order valence-corrected chi connectivity index (χ1v) is 5.61. The van der Waals surface area contributed by atoms with Crippen LogP contribution in [0.4, 0.5) is 10.6 Å². The highest BCUT2D eigenvalue weighted by Gasteiger charge is 2.20. The summed E-state index contributed by atoms with van der Waals surface area (Å²) >= 11 is 5.98. The van der Waals surface area contributed by atoms with Crippen molar-refractivity contribution >= 4 is 23.4 Å². The van der Waals surface area contributed by atoms with Crippen molar-refractivity contribution in [3.8, 4) is 0 Å². The lowest BCUT2D eigenvalue weighted by molar-refractivity contribution is 0.230. The SMILES string of the molecule is CN(C)C(=O)Nc1cc(C(C)(C)C)c(Cl)nn1. The van der Waals surface area contributed by atoms with Crippen LogP contribution in [0.15, 0.2) is 6.07 Å². The van der Waals surface area contributed by atoms with Gasteiger partial charge in [0.1, 0.15) is 0 Å². The van der Waals surface area contributed by atoms with Crippen LogP contribution >= 0.6 is 11.6 Å². The van der Waals surface area contributed by atoms with E-state index < -0.39 is 0 Å². The second-order valence-electron chi connectivity index (χ2n) is 5.01. The lowest BCUT2D eigenvalue weighted by atomic mass is 9.88. The molecule has 0 radical (unpaired) electrons. The van der Waals surface area contributed by atoms with E-state index in [1.807, 2.05) is 20.8 Å². The van der Waals surface area contributed by atoms with E-state index in [1.165, 1.54) is 4.90 Å². The Kier molecular flexibility index (Phi) is 3.93. The van der Waals surface area contributed by atoms with Crippen LogP contribution in [-0.2, 0) is 5.41 Å². The summed E-state index contributed by atoms with van der Waals surface area (Å²) in [4.78, 5) is 12.9. The van der Waals surface area contributed by atoms with E-state index >= 15 is 0 Å². The van der Waals surface area contributed by atoms with Crippen molar-refractivity contribution in [2.24, 2.45) is 0 Å². The maximum atomic E-state index is 11.5. The Morgan fingerprint density at radius 1 is 1.35 bits per heavy atom. The Hall–Kier alpha value is -1.36. The Morgan fingerprint density at radius 3 is 2.41 bits per heavy atom. The van der Waals surface area contributed by atoms with Crippen molar-refractivity contribution in [1.82, 2.24) is 15.1 Å². The molecule has 1 heterocycles. The molecule has 0 unspecified atom stereocenters. The lowest BCUT2D eigenvalue weighted by Crippen LogP contribution is -2.28. The van der Waals surface area contributed by atoms with Crippen LogP contribution in [0.1, 0.15) is 26.3 Å². The summed E-state index contributed by atoms with van der Waals surface area (Å²) in [6.45, 7) is 6.06. The monoisotopic (exact) mass is 256 g/mol. The molecule has 17 heavy (non-hydrogen) atoms. The molecule has 6 heteroatoms. The number of hydrogen-bond acceptors (Lipinski definition) is 3. The van der Waals surface area contributed by atoms with Crippen LogP contribution in [0.3, 0.4) is 0 Å². The zero-order valence-electron chi connectivity index (χ0n) is 10.7. The molecule has 94 valence electrons. The molecule has 1 N–H and O–H groups in total. The number of nitrogens with zero attached hydrogens (tertiary/aromatic N) is 3. The molecule has 0 aliphatic carbocycles. The number of carbonyl (C=O) groups excluding carboxylic acids is 1. The van der Waals surface area contributed by atoms with Gasteiger partial charge in [-0.05, 0) is 11.5 Å². The van der Waals surface area contributed by atoms with Crippen LogP contribution in [-0.4, -0.2) is 35.2 Å². The molecule has 0 aliphatic heterocycles. The Morgan fingerprint density at radius 2 is 1.94 bits per heavy atom. The van der Waals surface area contributed by atoms with Gasteiger partial charge in [-0.15, -0.1) is 10.2 Å². The minimum Gasteiger partial charge on any atom is -0.331 e. The highest BCUT2D eigenvalue weighted by Crippen LogP contribution is 2.28. The van der Waals surface area contributed by atoms with E-state index in [0.29, 0.717) is 11.0 Å². The van der Waals surface area contributed by atoms with Crippen LogP contribution in [0, 0.1) is 0 Å². The molecule has 0 bridgehead atoms. The average molecular weight is 257 g/mol. The van der Waals surface area contributed by atoms with Crippen LogP contribution in [0.25, 0.3) is 0 Å². The van der Waals surface area contributed by atoms with E-state index in [0.717, 1.165) is 5.56 Å². The number of halogens is 1. The standard InChI is InChI=1S/C11H17ClN4O/c1-11(2,3)7-6-8(14-15-9(7)12)13-10(17)16(4)5/h6H,1-5H3,(H,13,14,17). The van der Waals surface area contributed by atoms with Gasteiger partial charge in [-0.2, -0.15) is 0 Å². The highest BCUT2D eigenvalue weighted by atomic mass is 35.5. The van der Waals surface area contributed by atoms with E-state index in [1.54, 1.807) is 20.2 Å². The van der Waals surface area contributed by atoms with Gasteiger partial charge in [0.15, 0.2) is 11.0 Å². The number of nitrogens with one attached hydrogen (secondary N) is 1. The summed E-state index contributed by atoms with van der Waals surface area (Å²) in [5.74, 6) is 0.401. The number of hydrogen-bond donors (Lipinski definition) is 1. The number of urea groups is 1. The van der Waals surface area contributed by atoms with Gasteiger partial charge in [0.25, 0.3) is 0 Å². The number of anilines is 1.